The number of aliphatic hydroxyl groups is 1. The van der Waals surface area contributed by atoms with Gasteiger partial charge >= 0.3 is 0 Å². The van der Waals surface area contributed by atoms with Crippen molar-refractivity contribution >= 4 is 11.5 Å². The van der Waals surface area contributed by atoms with Crippen molar-refractivity contribution in [2.24, 2.45) is 5.92 Å². The molecule has 228 valence electrons. The van der Waals surface area contributed by atoms with Gasteiger partial charge in [0.25, 0.3) is 0 Å². The molecule has 3 aromatic carbocycles. The number of hydrogen-bond acceptors (Lipinski definition) is 3. The molecule has 0 aromatic heterocycles. The Kier molecular flexibility index (Phi) is 11.1. The highest BCUT2D eigenvalue weighted by molar-refractivity contribution is 5.84. The number of hydrogen-bond donors (Lipinski definition) is 3. The molecule has 1 unspecified atom stereocenters. The van der Waals surface area contributed by atoms with Gasteiger partial charge in [-0.25, -0.2) is 0 Å². The maximum absolute atomic E-state index is 14.0. The number of allylic oxidation sites excluding steroid dienone is 2. The van der Waals surface area contributed by atoms with Crippen LogP contribution in [-0.4, -0.2) is 17.6 Å². The molecule has 0 aliphatic heterocycles. The standard InChI is InChI=1S/C39H50N2O2/c1-28-18-23-34(29(2)26-28)35-16-10-11-17-37(35)40-27-30-19-21-33(22-20-30)38(32-14-6-3-4-7-15-32)39(43)41-36(24-25-42)31-12-8-5-9-13-31/h5,8-9,12-13,18-23,26,32,36,38,40,42H,3-4,6-7,10-11,14-17,24-25,27H2,1-2H3,(H,41,43)/t36-,38?/m0/s1. The summed E-state index contributed by atoms with van der Waals surface area (Å²) in [6, 6.07) is 25.5. The zero-order valence-corrected chi connectivity index (χ0v) is 26.2. The summed E-state index contributed by atoms with van der Waals surface area (Å²) in [4.78, 5) is 14.0. The van der Waals surface area contributed by atoms with E-state index in [9.17, 15) is 9.90 Å². The third kappa shape index (κ3) is 8.17. The summed E-state index contributed by atoms with van der Waals surface area (Å²) in [6.45, 7) is 5.22. The van der Waals surface area contributed by atoms with E-state index in [1.807, 2.05) is 30.3 Å². The Hall–Kier alpha value is -3.37. The summed E-state index contributed by atoms with van der Waals surface area (Å²) >= 11 is 0. The van der Waals surface area contributed by atoms with Gasteiger partial charge in [-0.2, -0.15) is 0 Å². The fourth-order valence-electron chi connectivity index (χ4n) is 7.28. The molecular formula is C39H50N2O2. The minimum Gasteiger partial charge on any atom is -0.396 e. The van der Waals surface area contributed by atoms with Crippen LogP contribution >= 0.6 is 0 Å². The van der Waals surface area contributed by atoms with Crippen molar-refractivity contribution in [2.75, 3.05) is 6.61 Å². The van der Waals surface area contributed by atoms with Crippen LogP contribution in [0.4, 0.5) is 0 Å². The fraction of sp³-hybridized carbons (Fsp3) is 0.462. The van der Waals surface area contributed by atoms with Gasteiger partial charge in [0.1, 0.15) is 0 Å². The maximum Gasteiger partial charge on any atom is 0.228 e. The van der Waals surface area contributed by atoms with Crippen molar-refractivity contribution in [2.45, 2.75) is 103 Å². The lowest BCUT2D eigenvalue weighted by atomic mass is 9.80. The van der Waals surface area contributed by atoms with Crippen LogP contribution in [0.25, 0.3) is 5.57 Å². The van der Waals surface area contributed by atoms with Crippen LogP contribution in [0.2, 0.25) is 0 Å². The average Bonchev–Trinajstić information content (AvgIpc) is 3.31. The number of carbonyl (C=O) groups excluding carboxylic acids is 1. The molecular weight excluding hydrogens is 528 g/mol. The van der Waals surface area contributed by atoms with Crippen molar-refractivity contribution < 1.29 is 9.90 Å². The van der Waals surface area contributed by atoms with Crippen LogP contribution < -0.4 is 10.6 Å². The SMILES string of the molecule is Cc1ccc(C2=C(NCc3ccc(C(C(=O)N[C@@H](CCO)c4ccccc4)C4CCCCCC4)cc3)CCCC2)c(C)c1. The molecule has 3 N–H and O–H groups in total. The Morgan fingerprint density at radius 1 is 0.837 bits per heavy atom. The van der Waals surface area contributed by atoms with Crippen LogP contribution in [0, 0.1) is 19.8 Å². The average molecular weight is 579 g/mol. The minimum absolute atomic E-state index is 0.0390. The lowest BCUT2D eigenvalue weighted by molar-refractivity contribution is -0.124. The van der Waals surface area contributed by atoms with E-state index < -0.39 is 0 Å². The van der Waals surface area contributed by atoms with Gasteiger partial charge in [0.05, 0.1) is 12.0 Å². The zero-order chi connectivity index (χ0) is 30.0. The van der Waals surface area contributed by atoms with Crippen molar-refractivity contribution in [1.82, 2.24) is 10.6 Å². The first kappa shape index (κ1) is 31.1. The molecule has 0 heterocycles. The normalized spacial score (nSPS) is 17.7. The molecule has 1 fully saturated rings. The molecule has 2 atom stereocenters. The first-order chi connectivity index (χ1) is 21.0. The molecule has 0 spiro atoms. The third-order valence-electron chi connectivity index (χ3n) is 9.61. The summed E-state index contributed by atoms with van der Waals surface area (Å²) in [5.74, 6) is 0.248. The number of aliphatic hydroxyl groups excluding tert-OH is 1. The van der Waals surface area contributed by atoms with Gasteiger partial charge < -0.3 is 15.7 Å². The molecule has 1 amide bonds. The van der Waals surface area contributed by atoms with Crippen molar-refractivity contribution in [3.8, 4) is 0 Å². The zero-order valence-electron chi connectivity index (χ0n) is 26.2. The summed E-state index contributed by atoms with van der Waals surface area (Å²) < 4.78 is 0. The van der Waals surface area contributed by atoms with E-state index >= 15 is 0 Å². The van der Waals surface area contributed by atoms with Crippen LogP contribution in [0.3, 0.4) is 0 Å². The van der Waals surface area contributed by atoms with Gasteiger partial charge in [0.2, 0.25) is 5.91 Å². The van der Waals surface area contributed by atoms with E-state index in [-0.39, 0.29) is 24.5 Å². The van der Waals surface area contributed by atoms with Crippen molar-refractivity contribution in [3.63, 3.8) is 0 Å². The third-order valence-corrected chi connectivity index (χ3v) is 9.61. The van der Waals surface area contributed by atoms with Crippen LogP contribution in [0.5, 0.6) is 0 Å². The predicted molar refractivity (Wildman–Crippen MR) is 178 cm³/mol. The lowest BCUT2D eigenvalue weighted by Crippen LogP contribution is -2.36. The molecule has 43 heavy (non-hydrogen) atoms. The minimum atomic E-state index is -0.189. The van der Waals surface area contributed by atoms with E-state index in [2.05, 4.69) is 66.9 Å². The molecule has 1 saturated carbocycles. The quantitative estimate of drug-likeness (QED) is 0.200. The van der Waals surface area contributed by atoms with E-state index in [1.165, 1.54) is 72.0 Å². The predicted octanol–water partition coefficient (Wildman–Crippen LogP) is 8.67. The topological polar surface area (TPSA) is 61.4 Å². The summed E-state index contributed by atoms with van der Waals surface area (Å²) in [5, 5.41) is 16.9. The van der Waals surface area contributed by atoms with E-state index in [0.717, 1.165) is 43.4 Å². The number of nitrogens with one attached hydrogen (secondary N) is 2. The van der Waals surface area contributed by atoms with E-state index in [4.69, 9.17) is 0 Å². The Morgan fingerprint density at radius 2 is 1.56 bits per heavy atom. The molecule has 0 saturated heterocycles. The Bertz CT molecular complexity index is 1350. The van der Waals surface area contributed by atoms with Gasteiger partial charge in [-0.1, -0.05) is 104 Å². The highest BCUT2D eigenvalue weighted by Gasteiger charge is 2.32. The Balaban J connectivity index is 1.34. The molecule has 2 aliphatic carbocycles. The largest absolute Gasteiger partial charge is 0.396 e. The summed E-state index contributed by atoms with van der Waals surface area (Å²) in [5.41, 5.74) is 10.3. The molecule has 0 bridgehead atoms. The summed E-state index contributed by atoms with van der Waals surface area (Å²) in [7, 11) is 0. The van der Waals surface area contributed by atoms with Gasteiger partial charge in [0.15, 0.2) is 0 Å². The second-order valence-electron chi connectivity index (χ2n) is 12.8. The number of amides is 1. The molecule has 5 rings (SSSR count). The fourth-order valence-corrected chi connectivity index (χ4v) is 7.28. The smallest absolute Gasteiger partial charge is 0.228 e. The second kappa shape index (κ2) is 15.4. The highest BCUT2D eigenvalue weighted by Crippen LogP contribution is 2.37. The van der Waals surface area contributed by atoms with Crippen molar-refractivity contribution in [3.05, 3.63) is 112 Å². The monoisotopic (exact) mass is 578 g/mol. The van der Waals surface area contributed by atoms with E-state index in [1.54, 1.807) is 0 Å². The molecule has 4 heteroatoms. The van der Waals surface area contributed by atoms with Crippen LogP contribution in [0.15, 0.2) is 78.5 Å². The summed E-state index contributed by atoms with van der Waals surface area (Å²) in [6.07, 6.45) is 12.3. The first-order valence-corrected chi connectivity index (χ1v) is 16.6. The highest BCUT2D eigenvalue weighted by atomic mass is 16.3. The number of carbonyl (C=O) groups is 1. The lowest BCUT2D eigenvalue weighted by Gasteiger charge is -2.29. The van der Waals surface area contributed by atoms with Crippen LogP contribution in [-0.2, 0) is 11.3 Å². The molecule has 0 radical (unpaired) electrons. The van der Waals surface area contributed by atoms with Crippen LogP contribution in [0.1, 0.15) is 116 Å². The van der Waals surface area contributed by atoms with Crippen molar-refractivity contribution in [1.29, 1.82) is 0 Å². The maximum atomic E-state index is 14.0. The van der Waals surface area contributed by atoms with Gasteiger partial charge in [-0.3, -0.25) is 4.79 Å². The van der Waals surface area contributed by atoms with Gasteiger partial charge in [-0.05, 0) is 98.1 Å². The van der Waals surface area contributed by atoms with Gasteiger partial charge in [-0.15, -0.1) is 0 Å². The van der Waals surface area contributed by atoms with E-state index in [0.29, 0.717) is 12.3 Å². The Labute approximate surface area is 259 Å². The van der Waals surface area contributed by atoms with Gasteiger partial charge in [0, 0.05) is 18.8 Å². The number of rotatable bonds is 11. The Morgan fingerprint density at radius 3 is 2.26 bits per heavy atom. The first-order valence-electron chi connectivity index (χ1n) is 16.6. The number of aryl methyl sites for hydroxylation is 2. The molecule has 4 nitrogen and oxygen atoms in total. The second-order valence-corrected chi connectivity index (χ2v) is 12.8. The molecule has 2 aliphatic rings. The molecule has 3 aromatic rings. The number of benzene rings is 3.